The van der Waals surface area contributed by atoms with Gasteiger partial charge in [0.05, 0.1) is 24.0 Å². The van der Waals surface area contributed by atoms with Crippen LogP contribution >= 0.6 is 0 Å². The Morgan fingerprint density at radius 3 is 2.61 bits per heavy atom. The van der Waals surface area contributed by atoms with Crippen molar-refractivity contribution in [2.24, 2.45) is 0 Å². The summed E-state index contributed by atoms with van der Waals surface area (Å²) in [6, 6.07) is 4.26. The fraction of sp³-hybridized carbons (Fsp3) is 0.333. The van der Waals surface area contributed by atoms with E-state index in [1.165, 1.54) is 7.11 Å². The topological polar surface area (TPSA) is 93.5 Å². The number of benzene rings is 1. The summed E-state index contributed by atoms with van der Waals surface area (Å²) in [7, 11) is 2.85. The maximum absolute atomic E-state index is 11.4. The van der Waals surface area contributed by atoms with Crippen molar-refractivity contribution in [1.29, 1.82) is 0 Å². The van der Waals surface area contributed by atoms with Gasteiger partial charge < -0.3 is 21.1 Å². The average Bonchev–Trinajstić information content (AvgIpc) is 2.39. The summed E-state index contributed by atoms with van der Waals surface area (Å²) in [6.45, 7) is 1.70. The summed E-state index contributed by atoms with van der Waals surface area (Å²) in [5.74, 6) is -0.622. The van der Waals surface area contributed by atoms with E-state index in [9.17, 15) is 9.59 Å². The summed E-state index contributed by atoms with van der Waals surface area (Å²) >= 11 is 0. The van der Waals surface area contributed by atoms with Crippen LogP contribution in [0.2, 0.25) is 0 Å². The van der Waals surface area contributed by atoms with Crippen LogP contribution in [-0.4, -0.2) is 32.1 Å². The molecule has 1 aromatic carbocycles. The highest BCUT2D eigenvalue weighted by atomic mass is 16.5. The zero-order chi connectivity index (χ0) is 13.7. The second-order valence-electron chi connectivity index (χ2n) is 3.77. The van der Waals surface area contributed by atoms with Gasteiger partial charge in [-0.05, 0) is 25.1 Å². The minimum Gasteiger partial charge on any atom is -0.465 e. The van der Waals surface area contributed by atoms with E-state index in [1.807, 2.05) is 0 Å². The van der Waals surface area contributed by atoms with Crippen molar-refractivity contribution >= 4 is 23.3 Å². The molecule has 4 N–H and O–H groups in total. The van der Waals surface area contributed by atoms with Crippen LogP contribution in [0.3, 0.4) is 0 Å². The number of nitrogens with two attached hydrogens (primary N) is 1. The van der Waals surface area contributed by atoms with Crippen LogP contribution in [0.1, 0.15) is 17.3 Å². The van der Waals surface area contributed by atoms with Crippen molar-refractivity contribution in [1.82, 2.24) is 5.32 Å². The molecular weight excluding hydrogens is 234 g/mol. The predicted molar refractivity (Wildman–Crippen MR) is 69.3 cm³/mol. The molecule has 0 radical (unpaired) electrons. The third kappa shape index (κ3) is 3.13. The van der Waals surface area contributed by atoms with Gasteiger partial charge in [-0.3, -0.25) is 4.79 Å². The molecule has 0 aromatic heterocycles. The Balaban J connectivity index is 2.94. The molecule has 6 nitrogen and oxygen atoms in total. The van der Waals surface area contributed by atoms with Crippen LogP contribution in [0, 0.1) is 0 Å². The smallest absolute Gasteiger partial charge is 0.337 e. The molecule has 98 valence electrons. The molecule has 0 saturated carbocycles. The summed E-state index contributed by atoms with van der Waals surface area (Å²) in [6.07, 6.45) is 0. The second-order valence-corrected chi connectivity index (χ2v) is 3.77. The lowest BCUT2D eigenvalue weighted by Gasteiger charge is -2.16. The number of carbonyl (C=O) groups excluding carboxylic acids is 2. The van der Waals surface area contributed by atoms with Crippen LogP contribution in [0.4, 0.5) is 11.4 Å². The number of anilines is 2. The fourth-order valence-electron chi connectivity index (χ4n) is 1.44. The van der Waals surface area contributed by atoms with E-state index >= 15 is 0 Å². The molecule has 0 spiro atoms. The van der Waals surface area contributed by atoms with Crippen LogP contribution in [0.25, 0.3) is 0 Å². The monoisotopic (exact) mass is 251 g/mol. The number of hydrogen-bond donors (Lipinski definition) is 3. The number of likely N-dealkylation sites (N-methyl/N-ethyl adjacent to an activating group) is 1. The van der Waals surface area contributed by atoms with Crippen molar-refractivity contribution in [3.05, 3.63) is 23.8 Å². The Bertz CT molecular complexity index is 460. The van der Waals surface area contributed by atoms with Crippen molar-refractivity contribution in [3.63, 3.8) is 0 Å². The Labute approximate surface area is 105 Å². The van der Waals surface area contributed by atoms with Crippen molar-refractivity contribution < 1.29 is 14.3 Å². The zero-order valence-corrected chi connectivity index (χ0v) is 10.6. The molecule has 1 amide bonds. The van der Waals surface area contributed by atoms with E-state index in [4.69, 9.17) is 5.73 Å². The standard InChI is InChI=1S/C12H17N3O3/c1-7(11(16)14-2)15-10-6-8(12(17)18-3)4-5-9(10)13/h4-7,15H,13H2,1-3H3,(H,14,16). The highest BCUT2D eigenvalue weighted by Crippen LogP contribution is 2.21. The number of carbonyl (C=O) groups is 2. The van der Waals surface area contributed by atoms with Crippen LogP contribution < -0.4 is 16.4 Å². The molecule has 0 aliphatic carbocycles. The van der Waals surface area contributed by atoms with E-state index in [1.54, 1.807) is 32.2 Å². The van der Waals surface area contributed by atoms with Gasteiger partial charge in [-0.2, -0.15) is 0 Å². The summed E-state index contributed by atoms with van der Waals surface area (Å²) in [5.41, 5.74) is 7.13. The molecule has 0 heterocycles. The molecule has 1 rings (SSSR count). The van der Waals surface area contributed by atoms with Gasteiger partial charge in [0.2, 0.25) is 5.91 Å². The number of nitrogens with one attached hydrogen (secondary N) is 2. The van der Waals surface area contributed by atoms with Gasteiger partial charge in [-0.25, -0.2) is 4.79 Å². The van der Waals surface area contributed by atoms with Gasteiger partial charge in [-0.15, -0.1) is 0 Å². The highest BCUT2D eigenvalue weighted by molar-refractivity contribution is 5.92. The molecule has 0 saturated heterocycles. The van der Waals surface area contributed by atoms with Gasteiger partial charge in [0.1, 0.15) is 6.04 Å². The van der Waals surface area contributed by atoms with Crippen molar-refractivity contribution in [2.75, 3.05) is 25.2 Å². The SMILES string of the molecule is CNC(=O)C(C)Nc1cc(C(=O)OC)ccc1N. The number of rotatable bonds is 4. The summed E-state index contributed by atoms with van der Waals surface area (Å²) in [5, 5.41) is 5.45. The molecule has 6 heteroatoms. The summed E-state index contributed by atoms with van der Waals surface area (Å²) in [4.78, 5) is 22.8. The number of methoxy groups -OCH3 is 1. The first-order chi connectivity index (χ1) is 8.49. The predicted octanol–water partition coefficient (Wildman–Crippen LogP) is 0.602. The molecular formula is C12H17N3O3. The third-order valence-electron chi connectivity index (χ3n) is 2.49. The quantitative estimate of drug-likeness (QED) is 0.538. The van der Waals surface area contributed by atoms with Crippen molar-refractivity contribution in [2.45, 2.75) is 13.0 Å². The summed E-state index contributed by atoms with van der Waals surface area (Å²) < 4.78 is 4.62. The third-order valence-corrected chi connectivity index (χ3v) is 2.49. The number of amides is 1. The van der Waals surface area contributed by atoms with E-state index in [0.29, 0.717) is 16.9 Å². The van der Waals surface area contributed by atoms with Crippen LogP contribution in [-0.2, 0) is 9.53 Å². The second kappa shape index (κ2) is 5.90. The molecule has 1 unspecified atom stereocenters. The van der Waals surface area contributed by atoms with Gasteiger partial charge >= 0.3 is 5.97 Å². The molecule has 1 aromatic rings. The minimum atomic E-state index is -0.454. The molecule has 18 heavy (non-hydrogen) atoms. The normalized spacial score (nSPS) is 11.5. The van der Waals surface area contributed by atoms with Gasteiger partial charge in [-0.1, -0.05) is 0 Å². The first-order valence-corrected chi connectivity index (χ1v) is 5.45. The lowest BCUT2D eigenvalue weighted by atomic mass is 10.1. The lowest BCUT2D eigenvalue weighted by molar-refractivity contribution is -0.121. The Morgan fingerprint density at radius 1 is 1.39 bits per heavy atom. The van der Waals surface area contributed by atoms with Gasteiger partial charge in [0, 0.05) is 7.05 Å². The van der Waals surface area contributed by atoms with Crippen molar-refractivity contribution in [3.8, 4) is 0 Å². The van der Waals surface area contributed by atoms with Gasteiger partial charge in [0.15, 0.2) is 0 Å². The minimum absolute atomic E-state index is 0.169. The number of hydrogen-bond acceptors (Lipinski definition) is 5. The fourth-order valence-corrected chi connectivity index (χ4v) is 1.44. The average molecular weight is 251 g/mol. The van der Waals surface area contributed by atoms with Crippen LogP contribution in [0.15, 0.2) is 18.2 Å². The molecule has 0 fully saturated rings. The number of ether oxygens (including phenoxy) is 1. The Hall–Kier alpha value is -2.24. The lowest BCUT2D eigenvalue weighted by Crippen LogP contribution is -2.35. The number of nitrogen functional groups attached to an aromatic ring is 1. The Morgan fingerprint density at radius 2 is 2.06 bits per heavy atom. The van der Waals surface area contributed by atoms with E-state index < -0.39 is 12.0 Å². The first-order valence-electron chi connectivity index (χ1n) is 5.45. The molecule has 0 bridgehead atoms. The largest absolute Gasteiger partial charge is 0.465 e. The maximum atomic E-state index is 11.4. The molecule has 0 aliphatic heterocycles. The van der Waals surface area contributed by atoms with E-state index in [2.05, 4.69) is 15.4 Å². The molecule has 1 atom stereocenters. The zero-order valence-electron chi connectivity index (χ0n) is 10.6. The highest BCUT2D eigenvalue weighted by Gasteiger charge is 2.14. The maximum Gasteiger partial charge on any atom is 0.337 e. The molecule has 0 aliphatic rings. The van der Waals surface area contributed by atoms with E-state index in [-0.39, 0.29) is 5.91 Å². The van der Waals surface area contributed by atoms with Gasteiger partial charge in [0.25, 0.3) is 0 Å². The first kappa shape index (κ1) is 13.8. The van der Waals surface area contributed by atoms with Crippen LogP contribution in [0.5, 0.6) is 0 Å². The van der Waals surface area contributed by atoms with E-state index in [0.717, 1.165) is 0 Å². The number of esters is 1. The Kier molecular flexibility index (Phi) is 4.53.